The van der Waals surface area contributed by atoms with Gasteiger partial charge in [0.1, 0.15) is 5.75 Å². The van der Waals surface area contributed by atoms with Crippen LogP contribution in [0.2, 0.25) is 0 Å². The summed E-state index contributed by atoms with van der Waals surface area (Å²) in [6.45, 7) is 1.33. The molecule has 0 bridgehead atoms. The molecule has 1 N–H and O–H groups in total. The maximum absolute atomic E-state index is 9.38. The molecule has 0 radical (unpaired) electrons. The van der Waals surface area contributed by atoms with E-state index < -0.39 is 0 Å². The van der Waals surface area contributed by atoms with Gasteiger partial charge >= 0.3 is 0 Å². The van der Waals surface area contributed by atoms with E-state index in [9.17, 15) is 5.11 Å². The SMILES string of the molecule is Oc1cccc2c1COCC2. The first-order chi connectivity index (χ1) is 5.38. The van der Waals surface area contributed by atoms with Crippen molar-refractivity contribution in [1.29, 1.82) is 0 Å². The van der Waals surface area contributed by atoms with Crippen LogP contribution in [-0.4, -0.2) is 11.7 Å². The molecular weight excluding hydrogens is 140 g/mol. The van der Waals surface area contributed by atoms with Crippen LogP contribution >= 0.6 is 0 Å². The number of hydrogen-bond donors (Lipinski definition) is 1. The Bertz CT molecular complexity index is 268. The fourth-order valence-electron chi connectivity index (χ4n) is 1.38. The quantitative estimate of drug-likeness (QED) is 0.606. The molecule has 0 aliphatic carbocycles. The summed E-state index contributed by atoms with van der Waals surface area (Å²) in [6, 6.07) is 5.62. The summed E-state index contributed by atoms with van der Waals surface area (Å²) in [5.41, 5.74) is 2.18. The summed E-state index contributed by atoms with van der Waals surface area (Å²) in [4.78, 5) is 0. The lowest BCUT2D eigenvalue weighted by Gasteiger charge is -2.16. The molecule has 1 aliphatic rings. The smallest absolute Gasteiger partial charge is 0.121 e. The van der Waals surface area contributed by atoms with E-state index in [0.717, 1.165) is 18.6 Å². The highest BCUT2D eigenvalue weighted by Gasteiger charge is 2.11. The van der Waals surface area contributed by atoms with E-state index in [2.05, 4.69) is 0 Å². The lowest BCUT2D eigenvalue weighted by atomic mass is 10.0. The van der Waals surface area contributed by atoms with Crippen LogP contribution in [0.25, 0.3) is 0 Å². The Balaban J connectivity index is 2.49. The van der Waals surface area contributed by atoms with E-state index >= 15 is 0 Å². The summed E-state index contributed by atoms with van der Waals surface area (Å²) >= 11 is 0. The minimum absolute atomic E-state index is 0.363. The Labute approximate surface area is 65.4 Å². The maximum atomic E-state index is 9.38. The van der Waals surface area contributed by atoms with Crippen molar-refractivity contribution in [2.75, 3.05) is 6.61 Å². The van der Waals surface area contributed by atoms with Gasteiger partial charge in [0, 0.05) is 5.56 Å². The van der Waals surface area contributed by atoms with Crippen LogP contribution < -0.4 is 0 Å². The van der Waals surface area contributed by atoms with Gasteiger partial charge in [-0.2, -0.15) is 0 Å². The van der Waals surface area contributed by atoms with Gasteiger partial charge in [-0.15, -0.1) is 0 Å². The second kappa shape index (κ2) is 2.55. The van der Waals surface area contributed by atoms with Gasteiger partial charge in [-0.1, -0.05) is 12.1 Å². The lowest BCUT2D eigenvalue weighted by molar-refractivity contribution is 0.108. The number of benzene rings is 1. The minimum atomic E-state index is 0.363. The highest BCUT2D eigenvalue weighted by Crippen LogP contribution is 2.25. The standard InChI is InChI=1S/C9H10O2/c10-9-3-1-2-7-4-5-11-6-8(7)9/h1-3,10H,4-6H2. The molecule has 2 rings (SSSR count). The van der Waals surface area contributed by atoms with Crippen molar-refractivity contribution in [3.05, 3.63) is 29.3 Å². The molecule has 0 fully saturated rings. The van der Waals surface area contributed by atoms with Crippen LogP contribution in [0.1, 0.15) is 11.1 Å². The fourth-order valence-corrected chi connectivity index (χ4v) is 1.38. The van der Waals surface area contributed by atoms with E-state index in [1.54, 1.807) is 6.07 Å². The van der Waals surface area contributed by atoms with Gasteiger partial charge in [0.05, 0.1) is 13.2 Å². The van der Waals surface area contributed by atoms with E-state index in [-0.39, 0.29) is 0 Å². The van der Waals surface area contributed by atoms with Crippen molar-refractivity contribution < 1.29 is 9.84 Å². The van der Waals surface area contributed by atoms with Gasteiger partial charge in [0.25, 0.3) is 0 Å². The third kappa shape index (κ3) is 1.10. The molecule has 0 atom stereocenters. The summed E-state index contributed by atoms with van der Waals surface area (Å²) in [7, 11) is 0. The number of rotatable bonds is 0. The fraction of sp³-hybridized carbons (Fsp3) is 0.333. The third-order valence-corrected chi connectivity index (χ3v) is 2.01. The molecule has 0 saturated carbocycles. The minimum Gasteiger partial charge on any atom is -0.508 e. The monoisotopic (exact) mass is 150 g/mol. The molecule has 58 valence electrons. The van der Waals surface area contributed by atoms with Crippen LogP contribution in [0.5, 0.6) is 5.75 Å². The number of phenolic OH excluding ortho intramolecular Hbond substituents is 1. The Morgan fingerprint density at radius 1 is 1.36 bits per heavy atom. The number of fused-ring (bicyclic) bond motifs is 1. The molecule has 0 saturated heterocycles. The molecule has 1 aromatic rings. The predicted octanol–water partition coefficient (Wildman–Crippen LogP) is 1.46. The molecule has 1 aliphatic heterocycles. The van der Waals surface area contributed by atoms with Gasteiger partial charge in [0.15, 0.2) is 0 Å². The first-order valence-corrected chi connectivity index (χ1v) is 3.75. The topological polar surface area (TPSA) is 29.5 Å². The Morgan fingerprint density at radius 2 is 2.27 bits per heavy atom. The van der Waals surface area contributed by atoms with Crippen LogP contribution in [-0.2, 0) is 17.8 Å². The summed E-state index contributed by atoms with van der Waals surface area (Å²) < 4.78 is 5.22. The molecule has 0 aromatic heterocycles. The van der Waals surface area contributed by atoms with Gasteiger partial charge in [-0.05, 0) is 18.1 Å². The average molecular weight is 150 g/mol. The molecular formula is C9H10O2. The average Bonchev–Trinajstić information content (AvgIpc) is 2.06. The largest absolute Gasteiger partial charge is 0.508 e. The van der Waals surface area contributed by atoms with Crippen molar-refractivity contribution in [3.63, 3.8) is 0 Å². The summed E-state index contributed by atoms with van der Waals surface area (Å²) in [5, 5.41) is 9.38. The number of hydrogen-bond acceptors (Lipinski definition) is 2. The summed E-state index contributed by atoms with van der Waals surface area (Å²) in [6.07, 6.45) is 0.920. The molecule has 1 aromatic carbocycles. The first-order valence-electron chi connectivity index (χ1n) is 3.75. The van der Waals surface area contributed by atoms with E-state index in [1.165, 1.54) is 5.56 Å². The Hall–Kier alpha value is -1.02. The van der Waals surface area contributed by atoms with Crippen molar-refractivity contribution in [2.24, 2.45) is 0 Å². The van der Waals surface area contributed by atoms with Crippen LogP contribution in [0.3, 0.4) is 0 Å². The second-order valence-electron chi connectivity index (χ2n) is 2.72. The molecule has 2 nitrogen and oxygen atoms in total. The zero-order valence-electron chi connectivity index (χ0n) is 6.21. The normalized spacial score (nSPS) is 16.0. The second-order valence-corrected chi connectivity index (χ2v) is 2.72. The maximum Gasteiger partial charge on any atom is 0.121 e. The zero-order valence-corrected chi connectivity index (χ0v) is 6.21. The number of phenols is 1. The number of aromatic hydroxyl groups is 1. The van der Waals surface area contributed by atoms with Crippen molar-refractivity contribution in [1.82, 2.24) is 0 Å². The highest BCUT2D eigenvalue weighted by atomic mass is 16.5. The van der Waals surface area contributed by atoms with Crippen LogP contribution in [0.15, 0.2) is 18.2 Å². The zero-order chi connectivity index (χ0) is 7.68. The van der Waals surface area contributed by atoms with Crippen LogP contribution in [0, 0.1) is 0 Å². The molecule has 11 heavy (non-hydrogen) atoms. The lowest BCUT2D eigenvalue weighted by Crippen LogP contribution is -2.09. The number of ether oxygens (including phenoxy) is 1. The van der Waals surface area contributed by atoms with Gasteiger partial charge < -0.3 is 9.84 Å². The van der Waals surface area contributed by atoms with E-state index in [0.29, 0.717) is 12.4 Å². The van der Waals surface area contributed by atoms with Gasteiger partial charge in [-0.3, -0.25) is 0 Å². The van der Waals surface area contributed by atoms with Crippen molar-refractivity contribution in [2.45, 2.75) is 13.0 Å². The molecule has 0 amide bonds. The van der Waals surface area contributed by atoms with Crippen molar-refractivity contribution in [3.8, 4) is 5.75 Å². The van der Waals surface area contributed by atoms with Gasteiger partial charge in [0.2, 0.25) is 0 Å². The summed E-state index contributed by atoms with van der Waals surface area (Å²) in [5.74, 6) is 0.363. The molecule has 2 heteroatoms. The Kier molecular flexibility index (Phi) is 1.55. The van der Waals surface area contributed by atoms with Crippen LogP contribution in [0.4, 0.5) is 0 Å². The van der Waals surface area contributed by atoms with Crippen molar-refractivity contribution >= 4 is 0 Å². The predicted molar refractivity (Wildman–Crippen MR) is 41.5 cm³/mol. The molecule has 0 unspecified atom stereocenters. The van der Waals surface area contributed by atoms with E-state index in [1.807, 2.05) is 12.1 Å². The van der Waals surface area contributed by atoms with E-state index in [4.69, 9.17) is 4.74 Å². The first kappa shape index (κ1) is 6.68. The molecule has 0 spiro atoms. The Morgan fingerprint density at radius 3 is 3.09 bits per heavy atom. The van der Waals surface area contributed by atoms with Gasteiger partial charge in [-0.25, -0.2) is 0 Å². The highest BCUT2D eigenvalue weighted by molar-refractivity contribution is 5.39. The third-order valence-electron chi connectivity index (χ3n) is 2.01. The molecule has 1 heterocycles.